The highest BCUT2D eigenvalue weighted by atomic mass is 16.2. The molecule has 3 nitrogen and oxygen atoms in total. The van der Waals surface area contributed by atoms with Crippen molar-refractivity contribution < 1.29 is 4.79 Å². The summed E-state index contributed by atoms with van der Waals surface area (Å²) in [4.78, 5) is 14.7. The highest BCUT2D eigenvalue weighted by Crippen LogP contribution is 2.38. The zero-order valence-corrected chi connectivity index (χ0v) is 11.7. The molecule has 0 bridgehead atoms. The topological polar surface area (TPSA) is 32.3 Å². The lowest BCUT2D eigenvalue weighted by Gasteiger charge is -2.36. The first-order valence-corrected chi connectivity index (χ1v) is 7.76. The maximum atomic E-state index is 12.5. The van der Waals surface area contributed by atoms with E-state index < -0.39 is 0 Å². The molecule has 3 heteroatoms. The predicted octanol–water partition coefficient (Wildman–Crippen LogP) is 2.51. The van der Waals surface area contributed by atoms with Crippen molar-refractivity contribution in [2.24, 2.45) is 11.8 Å². The van der Waals surface area contributed by atoms with Crippen LogP contribution in [-0.2, 0) is 4.79 Å². The molecule has 2 aliphatic carbocycles. The molecule has 0 aromatic rings. The van der Waals surface area contributed by atoms with E-state index in [0.29, 0.717) is 30.0 Å². The molecule has 1 saturated heterocycles. The van der Waals surface area contributed by atoms with Gasteiger partial charge in [0, 0.05) is 6.04 Å². The van der Waals surface area contributed by atoms with Gasteiger partial charge in [0.05, 0.1) is 12.2 Å². The third-order valence-electron chi connectivity index (χ3n) is 5.37. The number of nitrogens with zero attached hydrogens (tertiary/aromatic N) is 1. The maximum absolute atomic E-state index is 12.5. The van der Waals surface area contributed by atoms with Crippen molar-refractivity contribution in [1.82, 2.24) is 10.2 Å². The first kappa shape index (κ1) is 12.5. The third kappa shape index (κ3) is 1.97. The summed E-state index contributed by atoms with van der Waals surface area (Å²) in [6, 6.07) is 0.531. The monoisotopic (exact) mass is 250 g/mol. The normalized spacial score (nSPS) is 42.1. The molecule has 4 atom stereocenters. The summed E-state index contributed by atoms with van der Waals surface area (Å²) >= 11 is 0. The third-order valence-corrected chi connectivity index (χ3v) is 5.37. The highest BCUT2D eigenvalue weighted by molar-refractivity contribution is 5.84. The molecular weight excluding hydrogens is 224 g/mol. The minimum atomic E-state index is 0.0309. The molecule has 18 heavy (non-hydrogen) atoms. The molecule has 1 heterocycles. The minimum absolute atomic E-state index is 0.0309. The predicted molar refractivity (Wildman–Crippen MR) is 72.0 cm³/mol. The van der Waals surface area contributed by atoms with Crippen LogP contribution in [0, 0.1) is 11.8 Å². The summed E-state index contributed by atoms with van der Waals surface area (Å²) in [7, 11) is 0. The van der Waals surface area contributed by atoms with E-state index in [1.165, 1.54) is 44.9 Å². The smallest absolute Gasteiger partial charge is 0.240 e. The van der Waals surface area contributed by atoms with E-state index in [9.17, 15) is 4.79 Å². The van der Waals surface area contributed by atoms with Gasteiger partial charge in [0.25, 0.3) is 0 Å². The number of rotatable bonds is 2. The van der Waals surface area contributed by atoms with Crippen molar-refractivity contribution in [2.45, 2.75) is 77.0 Å². The van der Waals surface area contributed by atoms with Crippen molar-refractivity contribution in [1.29, 1.82) is 0 Å². The molecule has 1 aliphatic heterocycles. The van der Waals surface area contributed by atoms with Gasteiger partial charge in [-0.1, -0.05) is 26.2 Å². The van der Waals surface area contributed by atoms with Gasteiger partial charge in [0.1, 0.15) is 0 Å². The van der Waals surface area contributed by atoms with E-state index in [1.807, 2.05) is 6.92 Å². The number of hydrogen-bond acceptors (Lipinski definition) is 2. The molecule has 0 aromatic heterocycles. The van der Waals surface area contributed by atoms with Crippen LogP contribution in [0.3, 0.4) is 0 Å². The van der Waals surface area contributed by atoms with Crippen LogP contribution in [0.4, 0.5) is 0 Å². The van der Waals surface area contributed by atoms with Gasteiger partial charge in [-0.25, -0.2) is 0 Å². The molecule has 1 amide bonds. The number of carbonyl (C=O) groups is 1. The van der Waals surface area contributed by atoms with Crippen molar-refractivity contribution in [3.63, 3.8) is 0 Å². The Morgan fingerprint density at radius 3 is 2.39 bits per heavy atom. The largest absolute Gasteiger partial charge is 0.322 e. The van der Waals surface area contributed by atoms with Crippen LogP contribution in [0.25, 0.3) is 0 Å². The fourth-order valence-electron chi connectivity index (χ4n) is 4.31. The highest BCUT2D eigenvalue weighted by Gasteiger charge is 2.46. The summed E-state index contributed by atoms with van der Waals surface area (Å²) in [6.07, 6.45) is 9.43. The summed E-state index contributed by atoms with van der Waals surface area (Å²) in [5, 5.41) is 3.57. The van der Waals surface area contributed by atoms with E-state index in [-0.39, 0.29) is 6.04 Å². The minimum Gasteiger partial charge on any atom is -0.322 e. The van der Waals surface area contributed by atoms with E-state index in [1.54, 1.807) is 0 Å². The van der Waals surface area contributed by atoms with E-state index in [0.717, 1.165) is 0 Å². The van der Waals surface area contributed by atoms with Crippen molar-refractivity contribution in [3.05, 3.63) is 0 Å². The average molecular weight is 250 g/mol. The fraction of sp³-hybridized carbons (Fsp3) is 0.933. The molecule has 0 spiro atoms. The summed E-state index contributed by atoms with van der Waals surface area (Å²) < 4.78 is 0. The Labute approximate surface area is 110 Å². The van der Waals surface area contributed by atoms with E-state index >= 15 is 0 Å². The number of nitrogens with one attached hydrogen (secondary N) is 1. The maximum Gasteiger partial charge on any atom is 0.240 e. The first-order valence-electron chi connectivity index (χ1n) is 7.76. The van der Waals surface area contributed by atoms with Crippen molar-refractivity contribution in [3.8, 4) is 0 Å². The summed E-state index contributed by atoms with van der Waals surface area (Å²) in [5.41, 5.74) is 0. The molecular formula is C15H26N2O. The first-order chi connectivity index (χ1) is 8.68. The zero-order valence-electron chi connectivity index (χ0n) is 11.7. The second-order valence-electron chi connectivity index (χ2n) is 6.60. The molecule has 3 fully saturated rings. The number of amides is 1. The van der Waals surface area contributed by atoms with Crippen molar-refractivity contribution >= 4 is 5.91 Å². The Morgan fingerprint density at radius 1 is 1.06 bits per heavy atom. The van der Waals surface area contributed by atoms with Crippen LogP contribution >= 0.6 is 0 Å². The standard InChI is InChI=1S/C15H26N2O/c1-10-6-5-9-13(10)17-14(12-7-3-4-8-12)16-11(2)15(17)18/h10-14,16H,3-9H2,1-2H3. The quantitative estimate of drug-likeness (QED) is 0.816. The molecule has 102 valence electrons. The van der Waals surface area contributed by atoms with Gasteiger partial charge in [-0.05, 0) is 44.4 Å². The lowest BCUT2D eigenvalue weighted by Crippen LogP contribution is -2.49. The Kier molecular flexibility index (Phi) is 3.35. The zero-order chi connectivity index (χ0) is 12.7. The van der Waals surface area contributed by atoms with Crippen LogP contribution < -0.4 is 5.32 Å². The Hall–Kier alpha value is -0.570. The van der Waals surface area contributed by atoms with Crippen LogP contribution in [-0.4, -0.2) is 29.1 Å². The molecule has 2 saturated carbocycles. The Balaban J connectivity index is 1.80. The van der Waals surface area contributed by atoms with Gasteiger partial charge in [0.15, 0.2) is 0 Å². The van der Waals surface area contributed by atoms with Crippen LogP contribution in [0.1, 0.15) is 58.8 Å². The molecule has 3 aliphatic rings. The molecule has 4 unspecified atom stereocenters. The van der Waals surface area contributed by atoms with Gasteiger partial charge < -0.3 is 4.90 Å². The van der Waals surface area contributed by atoms with Crippen LogP contribution in [0.2, 0.25) is 0 Å². The van der Waals surface area contributed by atoms with Crippen LogP contribution in [0.5, 0.6) is 0 Å². The van der Waals surface area contributed by atoms with Gasteiger partial charge in [0.2, 0.25) is 5.91 Å². The van der Waals surface area contributed by atoms with E-state index in [4.69, 9.17) is 0 Å². The van der Waals surface area contributed by atoms with Crippen LogP contribution in [0.15, 0.2) is 0 Å². The van der Waals surface area contributed by atoms with Gasteiger partial charge >= 0.3 is 0 Å². The molecule has 1 N–H and O–H groups in total. The fourth-order valence-corrected chi connectivity index (χ4v) is 4.31. The second-order valence-corrected chi connectivity index (χ2v) is 6.60. The SMILES string of the molecule is CC1NC(C2CCCC2)N(C2CCCC2C)C1=O. The van der Waals surface area contributed by atoms with Gasteiger partial charge in [-0.15, -0.1) is 0 Å². The summed E-state index contributed by atoms with van der Waals surface area (Å²) in [6.45, 7) is 4.35. The van der Waals surface area contributed by atoms with Gasteiger partial charge in [-0.2, -0.15) is 0 Å². The molecule has 0 radical (unpaired) electrons. The summed E-state index contributed by atoms with van der Waals surface area (Å²) in [5.74, 6) is 1.74. The van der Waals surface area contributed by atoms with E-state index in [2.05, 4.69) is 17.1 Å². The molecule has 0 aromatic carbocycles. The molecule has 3 rings (SSSR count). The Morgan fingerprint density at radius 2 is 1.78 bits per heavy atom. The second kappa shape index (κ2) is 4.84. The average Bonchev–Trinajstić information content (AvgIpc) is 3.03. The number of carbonyl (C=O) groups excluding carboxylic acids is 1. The van der Waals surface area contributed by atoms with Gasteiger partial charge in [-0.3, -0.25) is 10.1 Å². The number of hydrogen-bond donors (Lipinski definition) is 1. The lowest BCUT2D eigenvalue weighted by atomic mass is 9.99. The lowest BCUT2D eigenvalue weighted by molar-refractivity contribution is -0.133. The van der Waals surface area contributed by atoms with Crippen molar-refractivity contribution in [2.75, 3.05) is 0 Å². The Bertz CT molecular complexity index is 324.